The van der Waals surface area contributed by atoms with Gasteiger partial charge in [0.25, 0.3) is 0 Å². The summed E-state index contributed by atoms with van der Waals surface area (Å²) in [5.41, 5.74) is 1.73. The highest BCUT2D eigenvalue weighted by atomic mass is 32.2. The minimum absolute atomic E-state index is 0.130. The molecule has 1 aromatic rings. The quantitative estimate of drug-likeness (QED) is 0.803. The van der Waals surface area contributed by atoms with Gasteiger partial charge in [0.05, 0.1) is 24.1 Å². The predicted octanol–water partition coefficient (Wildman–Crippen LogP) is 1.02. The van der Waals surface area contributed by atoms with Gasteiger partial charge in [-0.25, -0.2) is 13.4 Å². The molecule has 0 spiro atoms. The van der Waals surface area contributed by atoms with Crippen molar-refractivity contribution in [3.05, 3.63) is 17.8 Å². The number of hydrogen-bond donors (Lipinski definition) is 0. The third kappa shape index (κ3) is 2.81. The first kappa shape index (κ1) is 13.3. The Balaban J connectivity index is 2.30. The standard InChI is InChI=1S/C12H18N2O3S/c1-9-8-14(6-7-17-9)11-4-5-12(13-10(11)2)18(3,15)16/h4-5,9H,6-8H2,1-3H3. The van der Waals surface area contributed by atoms with Gasteiger partial charge in [-0.15, -0.1) is 0 Å². The summed E-state index contributed by atoms with van der Waals surface area (Å²) in [6.07, 6.45) is 1.36. The molecule has 2 heterocycles. The van der Waals surface area contributed by atoms with Crippen LogP contribution in [0.3, 0.4) is 0 Å². The first-order valence-corrected chi connectivity index (χ1v) is 7.81. The number of rotatable bonds is 2. The fourth-order valence-corrected chi connectivity index (χ4v) is 2.73. The molecule has 1 atom stereocenters. The van der Waals surface area contributed by atoms with Crippen molar-refractivity contribution in [2.24, 2.45) is 0 Å². The molecule has 1 aromatic heterocycles. The molecule has 1 fully saturated rings. The summed E-state index contributed by atoms with van der Waals surface area (Å²) in [4.78, 5) is 6.36. The van der Waals surface area contributed by atoms with Gasteiger partial charge in [-0.05, 0) is 26.0 Å². The Labute approximate surface area is 108 Å². The summed E-state index contributed by atoms with van der Waals surface area (Å²) in [5.74, 6) is 0. The molecule has 0 radical (unpaired) electrons. The molecular formula is C12H18N2O3S. The lowest BCUT2D eigenvalue weighted by atomic mass is 10.2. The number of nitrogens with zero attached hydrogens (tertiary/aromatic N) is 2. The summed E-state index contributed by atoms with van der Waals surface area (Å²) in [7, 11) is -3.24. The molecule has 0 bridgehead atoms. The zero-order chi connectivity index (χ0) is 13.3. The van der Waals surface area contributed by atoms with Crippen LogP contribution in [0.4, 0.5) is 5.69 Å². The van der Waals surface area contributed by atoms with E-state index in [9.17, 15) is 8.42 Å². The molecule has 1 aliphatic heterocycles. The molecular weight excluding hydrogens is 252 g/mol. The van der Waals surface area contributed by atoms with Gasteiger partial charge >= 0.3 is 0 Å². The minimum atomic E-state index is -3.24. The Morgan fingerprint density at radius 3 is 2.72 bits per heavy atom. The lowest BCUT2D eigenvalue weighted by Crippen LogP contribution is -2.41. The van der Waals surface area contributed by atoms with E-state index in [1.807, 2.05) is 19.9 Å². The third-order valence-electron chi connectivity index (χ3n) is 2.99. The maximum absolute atomic E-state index is 11.4. The first-order chi connectivity index (χ1) is 8.38. The Hall–Kier alpha value is -1.14. The summed E-state index contributed by atoms with van der Waals surface area (Å²) < 4.78 is 28.3. The Bertz CT molecular complexity index is 542. The van der Waals surface area contributed by atoms with Gasteiger partial charge < -0.3 is 9.64 Å². The number of morpholine rings is 1. The van der Waals surface area contributed by atoms with Gasteiger partial charge in [0.15, 0.2) is 14.9 Å². The highest BCUT2D eigenvalue weighted by Crippen LogP contribution is 2.22. The molecule has 18 heavy (non-hydrogen) atoms. The van der Waals surface area contributed by atoms with Crippen LogP contribution in [0.5, 0.6) is 0 Å². The number of anilines is 1. The molecule has 2 rings (SSSR count). The van der Waals surface area contributed by atoms with Crippen molar-refractivity contribution in [3.8, 4) is 0 Å². The van der Waals surface area contributed by atoms with E-state index >= 15 is 0 Å². The largest absolute Gasteiger partial charge is 0.375 e. The third-order valence-corrected chi connectivity index (χ3v) is 3.98. The molecule has 5 nitrogen and oxygen atoms in total. The lowest BCUT2D eigenvalue weighted by Gasteiger charge is -2.33. The minimum Gasteiger partial charge on any atom is -0.375 e. The van der Waals surface area contributed by atoms with E-state index in [0.29, 0.717) is 6.61 Å². The molecule has 1 aliphatic rings. The van der Waals surface area contributed by atoms with Crippen molar-refractivity contribution in [3.63, 3.8) is 0 Å². The highest BCUT2D eigenvalue weighted by Gasteiger charge is 2.20. The Morgan fingerprint density at radius 2 is 2.17 bits per heavy atom. The van der Waals surface area contributed by atoms with Crippen LogP contribution in [0.15, 0.2) is 17.2 Å². The second-order valence-corrected chi connectivity index (χ2v) is 6.62. The number of aromatic nitrogens is 1. The van der Waals surface area contributed by atoms with Gasteiger partial charge in [-0.1, -0.05) is 0 Å². The average molecular weight is 270 g/mol. The van der Waals surface area contributed by atoms with Crippen LogP contribution in [0, 0.1) is 6.92 Å². The van der Waals surface area contributed by atoms with Gasteiger partial charge in [0, 0.05) is 19.3 Å². The predicted molar refractivity (Wildman–Crippen MR) is 69.7 cm³/mol. The van der Waals surface area contributed by atoms with Crippen LogP contribution >= 0.6 is 0 Å². The molecule has 6 heteroatoms. The monoisotopic (exact) mass is 270 g/mol. The zero-order valence-corrected chi connectivity index (χ0v) is 11.7. The second-order valence-electron chi connectivity index (χ2n) is 4.65. The highest BCUT2D eigenvalue weighted by molar-refractivity contribution is 7.90. The van der Waals surface area contributed by atoms with E-state index in [0.717, 1.165) is 24.5 Å². The van der Waals surface area contributed by atoms with Crippen molar-refractivity contribution < 1.29 is 13.2 Å². The van der Waals surface area contributed by atoms with Crippen LogP contribution in [0.1, 0.15) is 12.6 Å². The van der Waals surface area contributed by atoms with Gasteiger partial charge in [0.2, 0.25) is 0 Å². The number of pyridine rings is 1. The molecule has 0 N–H and O–H groups in total. The summed E-state index contributed by atoms with van der Waals surface area (Å²) >= 11 is 0. The lowest BCUT2D eigenvalue weighted by molar-refractivity contribution is 0.0531. The van der Waals surface area contributed by atoms with E-state index in [1.54, 1.807) is 6.07 Å². The van der Waals surface area contributed by atoms with Gasteiger partial charge in [-0.3, -0.25) is 0 Å². The van der Waals surface area contributed by atoms with Crippen molar-refractivity contribution >= 4 is 15.5 Å². The van der Waals surface area contributed by atoms with E-state index in [2.05, 4.69) is 9.88 Å². The Morgan fingerprint density at radius 1 is 1.44 bits per heavy atom. The summed E-state index contributed by atoms with van der Waals surface area (Å²) in [5, 5.41) is 0.130. The molecule has 0 aromatic carbocycles. The molecule has 1 unspecified atom stereocenters. The van der Waals surface area contributed by atoms with Crippen LogP contribution in [-0.4, -0.2) is 45.5 Å². The van der Waals surface area contributed by atoms with Crippen molar-refractivity contribution in [1.29, 1.82) is 0 Å². The topological polar surface area (TPSA) is 59.5 Å². The van der Waals surface area contributed by atoms with Crippen molar-refractivity contribution in [1.82, 2.24) is 4.98 Å². The summed E-state index contributed by atoms with van der Waals surface area (Å²) in [6.45, 7) is 6.17. The van der Waals surface area contributed by atoms with Crippen LogP contribution in [0.2, 0.25) is 0 Å². The number of hydrogen-bond acceptors (Lipinski definition) is 5. The average Bonchev–Trinajstić information content (AvgIpc) is 2.27. The van der Waals surface area contributed by atoms with Crippen molar-refractivity contribution in [2.45, 2.75) is 25.0 Å². The second kappa shape index (κ2) is 4.85. The van der Waals surface area contributed by atoms with Gasteiger partial charge in [-0.2, -0.15) is 0 Å². The molecule has 100 valence electrons. The fourth-order valence-electron chi connectivity index (χ4n) is 2.11. The van der Waals surface area contributed by atoms with Gasteiger partial charge in [0.1, 0.15) is 0 Å². The van der Waals surface area contributed by atoms with E-state index in [-0.39, 0.29) is 11.1 Å². The fraction of sp³-hybridized carbons (Fsp3) is 0.583. The van der Waals surface area contributed by atoms with Crippen LogP contribution in [-0.2, 0) is 14.6 Å². The van der Waals surface area contributed by atoms with E-state index < -0.39 is 9.84 Å². The maximum atomic E-state index is 11.4. The van der Waals surface area contributed by atoms with E-state index in [1.165, 1.54) is 6.26 Å². The molecule has 1 saturated heterocycles. The smallest absolute Gasteiger partial charge is 0.192 e. The molecule has 0 amide bonds. The number of sulfone groups is 1. The zero-order valence-electron chi connectivity index (χ0n) is 10.9. The molecule has 0 aliphatic carbocycles. The normalized spacial score (nSPS) is 21.1. The molecule has 0 saturated carbocycles. The Kier molecular flexibility index (Phi) is 3.59. The maximum Gasteiger partial charge on any atom is 0.192 e. The number of aryl methyl sites for hydroxylation is 1. The van der Waals surface area contributed by atoms with E-state index in [4.69, 9.17) is 4.74 Å². The number of ether oxygens (including phenoxy) is 1. The first-order valence-electron chi connectivity index (χ1n) is 5.92. The van der Waals surface area contributed by atoms with Crippen molar-refractivity contribution in [2.75, 3.05) is 30.9 Å². The SMILES string of the molecule is Cc1nc(S(C)(=O)=O)ccc1N1CCOC(C)C1. The van der Waals surface area contributed by atoms with Crippen LogP contribution < -0.4 is 4.90 Å². The summed E-state index contributed by atoms with van der Waals surface area (Å²) in [6, 6.07) is 3.40. The van der Waals surface area contributed by atoms with Crippen LogP contribution in [0.25, 0.3) is 0 Å².